The fraction of sp³-hybridized carbons (Fsp3) is 0.111. The Kier molecular flexibility index (Phi) is 4.39. The van der Waals surface area contributed by atoms with Gasteiger partial charge in [-0.2, -0.15) is 13.5 Å². The molecule has 0 heterocycles. The Morgan fingerprint density at radius 2 is 1.62 bits per heavy atom. The molecule has 7 nitrogen and oxygen atoms in total. The van der Waals surface area contributed by atoms with Crippen LogP contribution in [0, 0.1) is 13.8 Å². The minimum absolute atomic E-state index is 0.104. The first-order valence-electron chi connectivity index (χ1n) is 7.69. The number of azo groups is 1. The van der Waals surface area contributed by atoms with Gasteiger partial charge in [-0.3, -0.25) is 4.55 Å². The highest BCUT2D eigenvalue weighted by atomic mass is 32.2. The van der Waals surface area contributed by atoms with Crippen LogP contribution in [-0.4, -0.2) is 18.1 Å². The zero-order chi connectivity index (χ0) is 19.1. The molecular formula is C18H17N3O4S. The van der Waals surface area contributed by atoms with Crippen molar-refractivity contribution < 1.29 is 18.1 Å². The van der Waals surface area contributed by atoms with Crippen molar-refractivity contribution >= 4 is 38.0 Å². The Hall–Kier alpha value is -2.97. The van der Waals surface area contributed by atoms with Crippen molar-refractivity contribution in [2.75, 3.05) is 5.73 Å². The third-order valence-electron chi connectivity index (χ3n) is 4.00. The first kappa shape index (κ1) is 17.8. The summed E-state index contributed by atoms with van der Waals surface area (Å²) in [5.74, 6) is -0.235. The Labute approximate surface area is 150 Å². The predicted molar refractivity (Wildman–Crippen MR) is 99.9 cm³/mol. The van der Waals surface area contributed by atoms with Gasteiger partial charge in [-0.1, -0.05) is 17.7 Å². The third-order valence-corrected chi connectivity index (χ3v) is 4.97. The van der Waals surface area contributed by atoms with E-state index in [4.69, 9.17) is 5.73 Å². The second-order valence-electron chi connectivity index (χ2n) is 5.98. The molecule has 0 aromatic heterocycles. The fourth-order valence-electron chi connectivity index (χ4n) is 2.70. The smallest absolute Gasteiger partial charge is 0.297 e. The average molecular weight is 371 g/mol. The maximum Gasteiger partial charge on any atom is 0.297 e. The van der Waals surface area contributed by atoms with E-state index < -0.39 is 15.0 Å². The summed E-state index contributed by atoms with van der Waals surface area (Å²) >= 11 is 0. The monoisotopic (exact) mass is 371 g/mol. The van der Waals surface area contributed by atoms with Crippen molar-refractivity contribution in [1.29, 1.82) is 0 Å². The van der Waals surface area contributed by atoms with E-state index >= 15 is 0 Å². The molecule has 0 atom stereocenters. The van der Waals surface area contributed by atoms with Crippen LogP contribution in [-0.2, 0) is 10.1 Å². The van der Waals surface area contributed by atoms with Gasteiger partial charge in [0.15, 0.2) is 5.75 Å². The molecule has 0 bridgehead atoms. The zero-order valence-electron chi connectivity index (χ0n) is 14.1. The van der Waals surface area contributed by atoms with Crippen LogP contribution in [0.3, 0.4) is 0 Å². The summed E-state index contributed by atoms with van der Waals surface area (Å²) in [4.78, 5) is -0.435. The van der Waals surface area contributed by atoms with Crippen molar-refractivity contribution in [1.82, 2.24) is 0 Å². The molecule has 134 valence electrons. The lowest BCUT2D eigenvalue weighted by Gasteiger charge is -2.12. The Balaban J connectivity index is 2.20. The van der Waals surface area contributed by atoms with Gasteiger partial charge in [0.05, 0.1) is 11.4 Å². The first-order chi connectivity index (χ1) is 12.2. The van der Waals surface area contributed by atoms with E-state index in [9.17, 15) is 18.1 Å². The molecule has 0 radical (unpaired) electrons. The minimum Gasteiger partial charge on any atom is -0.505 e. The van der Waals surface area contributed by atoms with Crippen LogP contribution < -0.4 is 5.73 Å². The van der Waals surface area contributed by atoms with Crippen molar-refractivity contribution in [2.45, 2.75) is 18.7 Å². The Morgan fingerprint density at radius 1 is 0.962 bits per heavy atom. The van der Waals surface area contributed by atoms with Crippen LogP contribution in [0.15, 0.2) is 57.6 Å². The van der Waals surface area contributed by atoms with Crippen LogP contribution in [0.5, 0.6) is 5.75 Å². The molecule has 26 heavy (non-hydrogen) atoms. The van der Waals surface area contributed by atoms with E-state index in [1.165, 1.54) is 18.2 Å². The maximum atomic E-state index is 11.7. The number of hydrogen-bond acceptors (Lipinski definition) is 6. The lowest BCUT2D eigenvalue weighted by atomic mass is 10.0. The molecule has 0 spiro atoms. The van der Waals surface area contributed by atoms with Crippen LogP contribution >= 0.6 is 0 Å². The summed E-state index contributed by atoms with van der Waals surface area (Å²) in [5, 5.41) is 19.1. The number of rotatable bonds is 3. The highest BCUT2D eigenvalue weighted by molar-refractivity contribution is 7.86. The molecule has 4 N–H and O–H groups in total. The highest BCUT2D eigenvalue weighted by Gasteiger charge is 2.21. The zero-order valence-corrected chi connectivity index (χ0v) is 14.9. The summed E-state index contributed by atoms with van der Waals surface area (Å²) in [7, 11) is -4.56. The number of nitrogens with zero attached hydrogens (tertiary/aromatic N) is 2. The number of benzene rings is 3. The van der Waals surface area contributed by atoms with Gasteiger partial charge in [0.2, 0.25) is 0 Å². The summed E-state index contributed by atoms with van der Waals surface area (Å²) in [6.45, 7) is 3.61. The molecule has 0 aliphatic carbocycles. The highest BCUT2D eigenvalue weighted by Crippen LogP contribution is 2.42. The van der Waals surface area contributed by atoms with Gasteiger partial charge in [0, 0.05) is 10.8 Å². The van der Waals surface area contributed by atoms with Gasteiger partial charge >= 0.3 is 0 Å². The summed E-state index contributed by atoms with van der Waals surface area (Å²) in [6, 6.07) is 11.6. The van der Waals surface area contributed by atoms with Gasteiger partial charge in [-0.25, -0.2) is 0 Å². The second kappa shape index (κ2) is 6.40. The van der Waals surface area contributed by atoms with E-state index in [2.05, 4.69) is 10.2 Å². The Morgan fingerprint density at radius 3 is 2.23 bits per heavy atom. The van der Waals surface area contributed by atoms with Crippen LogP contribution in [0.4, 0.5) is 17.1 Å². The molecule has 8 heteroatoms. The lowest BCUT2D eigenvalue weighted by Crippen LogP contribution is -2.04. The molecule has 0 saturated carbocycles. The van der Waals surface area contributed by atoms with Crippen LogP contribution in [0.1, 0.15) is 11.1 Å². The summed E-state index contributed by atoms with van der Waals surface area (Å²) in [5.41, 5.74) is 7.99. The number of anilines is 1. The molecule has 0 saturated heterocycles. The number of hydrogen-bond donors (Lipinski definition) is 3. The van der Waals surface area contributed by atoms with Gasteiger partial charge in [-0.15, -0.1) is 5.11 Å². The number of aryl methyl sites for hydroxylation is 2. The number of phenols is 1. The third kappa shape index (κ3) is 3.24. The van der Waals surface area contributed by atoms with E-state index in [-0.39, 0.29) is 27.9 Å². The number of nitrogen functional groups attached to an aromatic ring is 1. The largest absolute Gasteiger partial charge is 0.505 e. The van der Waals surface area contributed by atoms with E-state index in [1.807, 2.05) is 19.1 Å². The second-order valence-corrected chi connectivity index (χ2v) is 7.34. The maximum absolute atomic E-state index is 11.7. The molecular weight excluding hydrogens is 354 g/mol. The van der Waals surface area contributed by atoms with Crippen molar-refractivity contribution in [2.24, 2.45) is 10.2 Å². The van der Waals surface area contributed by atoms with Gasteiger partial charge in [-0.05, 0) is 49.7 Å². The molecule has 0 amide bonds. The van der Waals surface area contributed by atoms with Crippen LogP contribution in [0.2, 0.25) is 0 Å². The number of nitrogens with two attached hydrogens (primary N) is 1. The topological polar surface area (TPSA) is 125 Å². The molecule has 0 unspecified atom stereocenters. The fourth-order valence-corrected chi connectivity index (χ4v) is 3.51. The number of fused-ring (bicyclic) bond motifs is 1. The summed E-state index contributed by atoms with van der Waals surface area (Å²) < 4.78 is 32.8. The standard InChI is InChI=1S/C18H17N3O4S/c1-10-3-5-12(6-4-10)20-21-16-11(2)9-14-13(17(16)22)7-8-15(19)18(14)26(23,24)25/h3-9,22H,19H2,1-2H3,(H,23,24,25). The number of phenolic OH excluding ortho intramolecular Hbond substituents is 1. The Bertz CT molecular complexity index is 1140. The first-order valence-corrected chi connectivity index (χ1v) is 9.13. The minimum atomic E-state index is -4.56. The normalized spacial score (nSPS) is 12.1. The number of aromatic hydroxyl groups is 1. The molecule has 3 aromatic carbocycles. The average Bonchev–Trinajstić information content (AvgIpc) is 2.54. The quantitative estimate of drug-likeness (QED) is 0.357. The molecule has 0 fully saturated rings. The predicted octanol–water partition coefficient (Wildman–Crippen LogP) is 4.41. The molecule has 3 aromatic rings. The summed E-state index contributed by atoms with van der Waals surface area (Å²) in [6.07, 6.45) is 0. The van der Waals surface area contributed by atoms with Gasteiger partial charge < -0.3 is 10.8 Å². The van der Waals surface area contributed by atoms with E-state index in [1.54, 1.807) is 19.1 Å². The SMILES string of the molecule is Cc1ccc(N=Nc2c(C)cc3c(S(=O)(=O)O)c(N)ccc3c2O)cc1. The van der Waals surface area contributed by atoms with E-state index in [0.29, 0.717) is 11.3 Å². The van der Waals surface area contributed by atoms with Crippen molar-refractivity contribution in [3.63, 3.8) is 0 Å². The molecule has 0 aliphatic rings. The molecule has 0 aliphatic heterocycles. The van der Waals surface area contributed by atoms with Crippen LogP contribution in [0.25, 0.3) is 10.8 Å². The van der Waals surface area contributed by atoms with Crippen molar-refractivity contribution in [3.05, 3.63) is 53.6 Å². The van der Waals surface area contributed by atoms with Gasteiger partial charge in [0.1, 0.15) is 10.6 Å². The van der Waals surface area contributed by atoms with E-state index in [0.717, 1.165) is 5.56 Å². The van der Waals surface area contributed by atoms with Gasteiger partial charge in [0.25, 0.3) is 10.1 Å². The molecule has 3 rings (SSSR count). The lowest BCUT2D eigenvalue weighted by molar-refractivity contribution is 0.482. The van der Waals surface area contributed by atoms with Crippen molar-refractivity contribution in [3.8, 4) is 5.75 Å².